The number of hydrogen-bond acceptors (Lipinski definition) is 3. The summed E-state index contributed by atoms with van der Waals surface area (Å²) in [7, 11) is 0. The Bertz CT molecular complexity index is 554. The highest BCUT2D eigenvalue weighted by Crippen LogP contribution is 2.20. The summed E-state index contributed by atoms with van der Waals surface area (Å²) in [6.45, 7) is 7.93. The van der Waals surface area contributed by atoms with E-state index in [9.17, 15) is 4.79 Å². The lowest BCUT2D eigenvalue weighted by Crippen LogP contribution is -2.44. The van der Waals surface area contributed by atoms with Gasteiger partial charge in [-0.3, -0.25) is 9.79 Å². The van der Waals surface area contributed by atoms with Crippen LogP contribution in [-0.2, 0) is 9.53 Å². The van der Waals surface area contributed by atoms with Crippen LogP contribution in [0, 0.1) is 5.92 Å². The van der Waals surface area contributed by atoms with Crippen molar-refractivity contribution in [3.63, 3.8) is 0 Å². The minimum absolute atomic E-state index is 0.0910. The normalized spacial score (nSPS) is 16.8. The second-order valence-corrected chi connectivity index (χ2v) is 6.74. The number of nitrogens with one attached hydrogen (secondary N) is 1. The van der Waals surface area contributed by atoms with Gasteiger partial charge in [-0.1, -0.05) is 44.2 Å². The van der Waals surface area contributed by atoms with Crippen molar-refractivity contribution in [1.29, 1.82) is 0 Å². The third-order valence-corrected chi connectivity index (χ3v) is 4.29. The lowest BCUT2D eigenvalue weighted by Gasteiger charge is -2.30. The Morgan fingerprint density at radius 3 is 2.60 bits per heavy atom. The van der Waals surface area contributed by atoms with Gasteiger partial charge in [-0.15, -0.1) is 0 Å². The summed E-state index contributed by atoms with van der Waals surface area (Å²) >= 11 is 0. The highest BCUT2D eigenvalue weighted by Gasteiger charge is 2.27. The number of hydrogen-bond donors (Lipinski definition) is 2. The molecule has 0 radical (unpaired) electrons. The molecule has 1 unspecified atom stereocenters. The predicted octanol–water partition coefficient (Wildman–Crippen LogP) is 1.58. The van der Waals surface area contributed by atoms with E-state index in [-0.39, 0.29) is 11.8 Å². The number of nitrogens with zero attached hydrogens (tertiary/aromatic N) is 2. The largest absolute Gasteiger partial charge is 0.378 e. The molecule has 0 saturated carbocycles. The SMILES string of the molecule is CC(C)CCNC(N)=NCC(C(=O)N1CCOCC1)c1ccccc1. The molecule has 1 aliphatic rings. The molecule has 3 N–H and O–H groups in total. The van der Waals surface area contributed by atoms with Gasteiger partial charge in [-0.25, -0.2) is 0 Å². The van der Waals surface area contributed by atoms with Crippen molar-refractivity contribution >= 4 is 11.9 Å². The minimum Gasteiger partial charge on any atom is -0.378 e. The number of benzene rings is 1. The molecule has 25 heavy (non-hydrogen) atoms. The van der Waals surface area contributed by atoms with Crippen LogP contribution >= 0.6 is 0 Å². The van der Waals surface area contributed by atoms with E-state index in [0.717, 1.165) is 18.5 Å². The van der Waals surface area contributed by atoms with Gasteiger partial charge in [0.05, 0.1) is 25.7 Å². The Morgan fingerprint density at radius 2 is 1.96 bits per heavy atom. The van der Waals surface area contributed by atoms with E-state index in [0.29, 0.717) is 44.7 Å². The zero-order chi connectivity index (χ0) is 18.1. The van der Waals surface area contributed by atoms with Crippen LogP contribution in [0.3, 0.4) is 0 Å². The molecule has 1 aromatic carbocycles. The van der Waals surface area contributed by atoms with Crippen LogP contribution in [-0.4, -0.2) is 56.2 Å². The molecule has 1 saturated heterocycles. The van der Waals surface area contributed by atoms with Gasteiger partial charge in [0.2, 0.25) is 5.91 Å². The summed E-state index contributed by atoms with van der Waals surface area (Å²) in [6, 6.07) is 9.79. The average Bonchev–Trinajstić information content (AvgIpc) is 2.63. The molecule has 0 aliphatic carbocycles. The summed E-state index contributed by atoms with van der Waals surface area (Å²) in [5.41, 5.74) is 6.93. The van der Waals surface area contributed by atoms with E-state index in [4.69, 9.17) is 10.5 Å². The quantitative estimate of drug-likeness (QED) is 0.580. The van der Waals surface area contributed by atoms with E-state index >= 15 is 0 Å². The highest BCUT2D eigenvalue weighted by molar-refractivity contribution is 5.85. The average molecular weight is 346 g/mol. The van der Waals surface area contributed by atoms with Crippen molar-refractivity contribution in [2.24, 2.45) is 16.6 Å². The first-order chi connectivity index (χ1) is 12.1. The van der Waals surface area contributed by atoms with Crippen molar-refractivity contribution in [3.8, 4) is 0 Å². The molecule has 1 aromatic rings. The molecule has 1 amide bonds. The molecular weight excluding hydrogens is 316 g/mol. The second kappa shape index (κ2) is 10.0. The fourth-order valence-electron chi connectivity index (χ4n) is 2.75. The third kappa shape index (κ3) is 6.38. The Balaban J connectivity index is 2.03. The zero-order valence-corrected chi connectivity index (χ0v) is 15.3. The Labute approximate surface area is 150 Å². The number of morpholine rings is 1. The summed E-state index contributed by atoms with van der Waals surface area (Å²) in [4.78, 5) is 19.2. The number of aliphatic imine (C=N–C) groups is 1. The monoisotopic (exact) mass is 346 g/mol. The molecular formula is C19H30N4O2. The number of rotatable bonds is 7. The van der Waals surface area contributed by atoms with Gasteiger partial charge in [0.15, 0.2) is 5.96 Å². The van der Waals surface area contributed by atoms with Crippen molar-refractivity contribution in [1.82, 2.24) is 10.2 Å². The molecule has 1 aliphatic heterocycles. The van der Waals surface area contributed by atoms with Crippen LogP contribution in [0.25, 0.3) is 0 Å². The molecule has 138 valence electrons. The maximum atomic E-state index is 13.0. The van der Waals surface area contributed by atoms with Crippen molar-refractivity contribution in [3.05, 3.63) is 35.9 Å². The lowest BCUT2D eigenvalue weighted by atomic mass is 9.97. The molecule has 6 nitrogen and oxygen atoms in total. The number of ether oxygens (including phenoxy) is 1. The zero-order valence-electron chi connectivity index (χ0n) is 15.3. The van der Waals surface area contributed by atoms with Crippen molar-refractivity contribution in [2.45, 2.75) is 26.2 Å². The van der Waals surface area contributed by atoms with Gasteiger partial charge >= 0.3 is 0 Å². The first-order valence-electron chi connectivity index (χ1n) is 9.03. The summed E-state index contributed by atoms with van der Waals surface area (Å²) in [6.07, 6.45) is 1.03. The van der Waals surface area contributed by atoms with Crippen LogP contribution in [0.15, 0.2) is 35.3 Å². The third-order valence-electron chi connectivity index (χ3n) is 4.29. The maximum Gasteiger partial charge on any atom is 0.232 e. The first-order valence-corrected chi connectivity index (χ1v) is 9.03. The predicted molar refractivity (Wildman–Crippen MR) is 101 cm³/mol. The molecule has 2 rings (SSSR count). The number of amides is 1. The van der Waals surface area contributed by atoms with E-state index in [1.807, 2.05) is 35.2 Å². The smallest absolute Gasteiger partial charge is 0.232 e. The molecule has 1 fully saturated rings. The summed E-state index contributed by atoms with van der Waals surface area (Å²) in [5.74, 6) is 0.787. The molecule has 6 heteroatoms. The number of nitrogens with two attached hydrogens (primary N) is 1. The highest BCUT2D eigenvalue weighted by atomic mass is 16.5. The molecule has 0 spiro atoms. The van der Waals surface area contributed by atoms with Crippen LogP contribution in [0.2, 0.25) is 0 Å². The number of carbonyl (C=O) groups is 1. The van der Waals surface area contributed by atoms with Crippen LogP contribution in [0.5, 0.6) is 0 Å². The van der Waals surface area contributed by atoms with Crippen molar-refractivity contribution in [2.75, 3.05) is 39.4 Å². The van der Waals surface area contributed by atoms with E-state index in [1.54, 1.807) is 0 Å². The van der Waals surface area contributed by atoms with Crippen LogP contribution in [0.4, 0.5) is 0 Å². The van der Waals surface area contributed by atoms with Gasteiger partial charge in [0.25, 0.3) is 0 Å². The molecule has 0 aromatic heterocycles. The Morgan fingerprint density at radius 1 is 1.28 bits per heavy atom. The van der Waals surface area contributed by atoms with Gasteiger partial charge < -0.3 is 20.7 Å². The number of guanidine groups is 1. The second-order valence-electron chi connectivity index (χ2n) is 6.74. The Kier molecular flexibility index (Phi) is 7.73. The van der Waals surface area contributed by atoms with Crippen LogP contribution in [0.1, 0.15) is 31.7 Å². The van der Waals surface area contributed by atoms with Gasteiger partial charge in [0, 0.05) is 19.6 Å². The van der Waals surface area contributed by atoms with Crippen molar-refractivity contribution < 1.29 is 9.53 Å². The lowest BCUT2D eigenvalue weighted by molar-refractivity contribution is -0.136. The van der Waals surface area contributed by atoms with Gasteiger partial charge in [0.1, 0.15) is 0 Å². The van der Waals surface area contributed by atoms with E-state index < -0.39 is 0 Å². The fraction of sp³-hybridized carbons (Fsp3) is 0.579. The molecule has 0 bridgehead atoms. The molecule has 1 atom stereocenters. The maximum absolute atomic E-state index is 13.0. The van der Waals surface area contributed by atoms with Gasteiger partial charge in [-0.05, 0) is 17.9 Å². The summed E-state index contributed by atoms with van der Waals surface area (Å²) < 4.78 is 5.35. The number of carbonyl (C=O) groups excluding carboxylic acids is 1. The minimum atomic E-state index is -0.315. The Hall–Kier alpha value is -2.08. The van der Waals surface area contributed by atoms with E-state index in [1.165, 1.54) is 0 Å². The standard InChI is InChI=1S/C19H30N4O2/c1-15(2)8-9-21-19(20)22-14-17(16-6-4-3-5-7-16)18(24)23-10-12-25-13-11-23/h3-7,15,17H,8-14H2,1-2H3,(H3,20,21,22). The molecule has 1 heterocycles. The fourth-order valence-corrected chi connectivity index (χ4v) is 2.75. The van der Waals surface area contributed by atoms with Crippen LogP contribution < -0.4 is 11.1 Å². The first kappa shape index (κ1) is 19.2. The van der Waals surface area contributed by atoms with Gasteiger partial charge in [-0.2, -0.15) is 0 Å². The topological polar surface area (TPSA) is 79.9 Å². The summed E-state index contributed by atoms with van der Waals surface area (Å²) in [5, 5.41) is 3.12. The van der Waals surface area contributed by atoms with E-state index in [2.05, 4.69) is 24.2 Å².